The third-order valence-corrected chi connectivity index (χ3v) is 4.20. The molecule has 0 unspecified atom stereocenters. The number of hydrogen-bond acceptors (Lipinski definition) is 3. The van der Waals surface area contributed by atoms with Crippen LogP contribution in [0.1, 0.15) is 56.4 Å². The Hall–Kier alpha value is -2.11. The lowest BCUT2D eigenvalue weighted by Gasteiger charge is -2.27. The first-order chi connectivity index (χ1) is 11.0. The van der Waals surface area contributed by atoms with Gasteiger partial charge in [0.15, 0.2) is 5.43 Å². The number of rotatable bonds is 5. The van der Waals surface area contributed by atoms with Gasteiger partial charge in [-0.1, -0.05) is 33.1 Å². The summed E-state index contributed by atoms with van der Waals surface area (Å²) in [6.07, 6.45) is 6.90. The predicted octanol–water partition coefficient (Wildman–Crippen LogP) is 1.58. The number of nitrogens with one attached hydrogen (secondary N) is 3. The van der Waals surface area contributed by atoms with Gasteiger partial charge in [0, 0.05) is 24.4 Å². The highest BCUT2D eigenvalue weighted by atomic mass is 16.2. The number of H-pyrrole nitrogens is 1. The molecule has 0 aromatic carbocycles. The summed E-state index contributed by atoms with van der Waals surface area (Å²) in [5, 5.41) is 5.77. The Morgan fingerprint density at radius 1 is 1.22 bits per heavy atom. The van der Waals surface area contributed by atoms with E-state index in [4.69, 9.17) is 0 Å². The summed E-state index contributed by atoms with van der Waals surface area (Å²) >= 11 is 0. The average Bonchev–Trinajstić information content (AvgIpc) is 2.52. The molecule has 0 spiro atoms. The molecule has 1 aromatic heterocycles. The van der Waals surface area contributed by atoms with Gasteiger partial charge in [0.25, 0.3) is 5.91 Å². The van der Waals surface area contributed by atoms with Gasteiger partial charge < -0.3 is 15.6 Å². The predicted molar refractivity (Wildman–Crippen MR) is 88.2 cm³/mol. The van der Waals surface area contributed by atoms with E-state index in [9.17, 15) is 14.4 Å². The zero-order valence-electron chi connectivity index (χ0n) is 13.7. The quantitative estimate of drug-likeness (QED) is 0.769. The Labute approximate surface area is 136 Å². The molecule has 1 atom stereocenters. The monoisotopic (exact) mass is 319 g/mol. The minimum absolute atomic E-state index is 0.0435. The zero-order chi connectivity index (χ0) is 16.8. The van der Waals surface area contributed by atoms with Crippen molar-refractivity contribution in [3.05, 3.63) is 34.2 Å². The van der Waals surface area contributed by atoms with Crippen LogP contribution in [-0.4, -0.2) is 28.9 Å². The third kappa shape index (κ3) is 4.94. The first kappa shape index (κ1) is 17.2. The summed E-state index contributed by atoms with van der Waals surface area (Å²) < 4.78 is 0. The molecular weight excluding hydrogens is 294 g/mol. The smallest absolute Gasteiger partial charge is 0.268 e. The SMILES string of the molecule is CC(C)[C@H](NC(=O)c1cc(=O)cc[nH]1)C(=O)NC1CCCCC1. The number of aromatic amines is 1. The van der Waals surface area contributed by atoms with Crippen LogP contribution in [0.2, 0.25) is 0 Å². The molecule has 2 amide bonds. The van der Waals surface area contributed by atoms with Crippen LogP contribution in [0.5, 0.6) is 0 Å². The van der Waals surface area contributed by atoms with Crippen LogP contribution in [0.15, 0.2) is 23.1 Å². The zero-order valence-corrected chi connectivity index (χ0v) is 13.7. The Morgan fingerprint density at radius 3 is 2.52 bits per heavy atom. The Kier molecular flexibility index (Phi) is 5.96. The van der Waals surface area contributed by atoms with Crippen molar-refractivity contribution in [3.63, 3.8) is 0 Å². The van der Waals surface area contributed by atoms with Crippen LogP contribution in [0.3, 0.4) is 0 Å². The molecule has 126 valence electrons. The van der Waals surface area contributed by atoms with Crippen molar-refractivity contribution in [1.29, 1.82) is 0 Å². The molecule has 1 aliphatic carbocycles. The highest BCUT2D eigenvalue weighted by molar-refractivity contribution is 5.96. The molecule has 0 aliphatic heterocycles. The van der Waals surface area contributed by atoms with E-state index in [2.05, 4.69) is 15.6 Å². The number of hydrogen-bond donors (Lipinski definition) is 3. The maximum absolute atomic E-state index is 12.5. The first-order valence-corrected chi connectivity index (χ1v) is 8.27. The maximum atomic E-state index is 12.5. The third-order valence-electron chi connectivity index (χ3n) is 4.20. The molecule has 0 saturated heterocycles. The van der Waals surface area contributed by atoms with E-state index in [1.807, 2.05) is 13.8 Å². The van der Waals surface area contributed by atoms with E-state index < -0.39 is 11.9 Å². The van der Waals surface area contributed by atoms with E-state index in [0.717, 1.165) is 25.7 Å². The molecule has 3 N–H and O–H groups in total. The number of pyridine rings is 1. The summed E-state index contributed by atoms with van der Waals surface area (Å²) in [4.78, 5) is 38.8. The van der Waals surface area contributed by atoms with Gasteiger partial charge in [0.1, 0.15) is 11.7 Å². The fourth-order valence-corrected chi connectivity index (χ4v) is 2.87. The molecule has 2 rings (SSSR count). The van der Waals surface area contributed by atoms with Crippen molar-refractivity contribution in [2.24, 2.45) is 5.92 Å². The van der Waals surface area contributed by atoms with Crippen molar-refractivity contribution < 1.29 is 9.59 Å². The van der Waals surface area contributed by atoms with E-state index >= 15 is 0 Å². The molecule has 0 radical (unpaired) electrons. The van der Waals surface area contributed by atoms with E-state index in [1.54, 1.807) is 0 Å². The summed E-state index contributed by atoms with van der Waals surface area (Å²) in [7, 11) is 0. The van der Waals surface area contributed by atoms with Crippen molar-refractivity contribution in [1.82, 2.24) is 15.6 Å². The number of aromatic nitrogens is 1. The number of carbonyl (C=O) groups is 2. The molecule has 6 nitrogen and oxygen atoms in total. The fourth-order valence-electron chi connectivity index (χ4n) is 2.87. The second-order valence-corrected chi connectivity index (χ2v) is 6.48. The average molecular weight is 319 g/mol. The van der Waals surface area contributed by atoms with Crippen LogP contribution < -0.4 is 16.1 Å². The van der Waals surface area contributed by atoms with E-state index in [0.29, 0.717) is 0 Å². The largest absolute Gasteiger partial charge is 0.357 e. The lowest BCUT2D eigenvalue weighted by Crippen LogP contribution is -2.52. The second-order valence-electron chi connectivity index (χ2n) is 6.48. The number of amides is 2. The van der Waals surface area contributed by atoms with Crippen molar-refractivity contribution >= 4 is 11.8 Å². The van der Waals surface area contributed by atoms with Gasteiger partial charge in [0.05, 0.1) is 0 Å². The normalized spacial score (nSPS) is 16.8. The Bertz CT molecular complexity index is 603. The van der Waals surface area contributed by atoms with Gasteiger partial charge in [-0.2, -0.15) is 0 Å². The molecule has 1 aliphatic rings. The van der Waals surface area contributed by atoms with Gasteiger partial charge in [-0.25, -0.2) is 0 Å². The molecule has 6 heteroatoms. The summed E-state index contributed by atoms with van der Waals surface area (Å²) in [6.45, 7) is 3.78. The van der Waals surface area contributed by atoms with Crippen molar-refractivity contribution in [3.8, 4) is 0 Å². The van der Waals surface area contributed by atoms with Gasteiger partial charge in [-0.15, -0.1) is 0 Å². The van der Waals surface area contributed by atoms with Crippen LogP contribution in [-0.2, 0) is 4.79 Å². The van der Waals surface area contributed by atoms with Gasteiger partial charge in [0.2, 0.25) is 5.91 Å². The van der Waals surface area contributed by atoms with Crippen molar-refractivity contribution in [2.75, 3.05) is 0 Å². The molecular formula is C17H25N3O3. The molecule has 0 bridgehead atoms. The van der Waals surface area contributed by atoms with Crippen LogP contribution >= 0.6 is 0 Å². The summed E-state index contributed by atoms with van der Waals surface area (Å²) in [5.74, 6) is -0.642. The van der Waals surface area contributed by atoms with E-state index in [-0.39, 0.29) is 29.0 Å². The standard InChI is InChI=1S/C17H25N3O3/c1-11(2)15(17(23)19-12-6-4-3-5-7-12)20-16(22)14-10-13(21)8-9-18-14/h8-12,15H,3-7H2,1-2H3,(H,18,21)(H,19,23)(H,20,22)/t15-/m0/s1. The minimum Gasteiger partial charge on any atom is -0.357 e. The minimum atomic E-state index is -0.617. The van der Waals surface area contributed by atoms with Crippen LogP contribution in [0.4, 0.5) is 0 Å². The van der Waals surface area contributed by atoms with Crippen LogP contribution in [0, 0.1) is 5.92 Å². The molecule has 1 saturated carbocycles. The summed E-state index contributed by atoms with van der Waals surface area (Å²) in [5.41, 5.74) is -0.0877. The molecule has 23 heavy (non-hydrogen) atoms. The molecule has 1 fully saturated rings. The maximum Gasteiger partial charge on any atom is 0.268 e. The lowest BCUT2D eigenvalue weighted by molar-refractivity contribution is -0.124. The lowest BCUT2D eigenvalue weighted by atomic mass is 9.94. The second kappa shape index (κ2) is 7.94. The highest BCUT2D eigenvalue weighted by Gasteiger charge is 2.27. The topological polar surface area (TPSA) is 91.1 Å². The Morgan fingerprint density at radius 2 is 1.91 bits per heavy atom. The Balaban J connectivity index is 2.01. The molecule has 1 heterocycles. The fraction of sp³-hybridized carbons (Fsp3) is 0.588. The first-order valence-electron chi connectivity index (χ1n) is 8.27. The van der Waals surface area contributed by atoms with Crippen molar-refractivity contribution in [2.45, 2.75) is 58.0 Å². The summed E-state index contributed by atoms with van der Waals surface area (Å²) in [6, 6.07) is 2.15. The van der Waals surface area contributed by atoms with E-state index in [1.165, 1.54) is 24.8 Å². The molecule has 1 aromatic rings. The van der Waals surface area contributed by atoms with Crippen LogP contribution in [0.25, 0.3) is 0 Å². The van der Waals surface area contributed by atoms with Gasteiger partial charge in [-0.3, -0.25) is 14.4 Å². The van der Waals surface area contributed by atoms with Gasteiger partial charge in [-0.05, 0) is 18.8 Å². The highest BCUT2D eigenvalue weighted by Crippen LogP contribution is 2.17. The van der Waals surface area contributed by atoms with Gasteiger partial charge >= 0.3 is 0 Å². The number of carbonyl (C=O) groups excluding carboxylic acids is 2.